The van der Waals surface area contributed by atoms with Gasteiger partial charge in [-0.2, -0.15) is 5.10 Å². The van der Waals surface area contributed by atoms with E-state index in [1.54, 1.807) is 0 Å². The van der Waals surface area contributed by atoms with Crippen LogP contribution >= 0.6 is 0 Å². The van der Waals surface area contributed by atoms with Crippen molar-refractivity contribution in [3.8, 4) is 5.75 Å². The Bertz CT molecular complexity index is 844. The van der Waals surface area contributed by atoms with E-state index in [0.717, 1.165) is 28.2 Å². The molecule has 0 aliphatic heterocycles. The van der Waals surface area contributed by atoms with Crippen LogP contribution < -0.4 is 10.2 Å². The van der Waals surface area contributed by atoms with E-state index in [0.29, 0.717) is 5.92 Å². The van der Waals surface area contributed by atoms with Gasteiger partial charge >= 0.3 is 0 Å². The van der Waals surface area contributed by atoms with E-state index in [2.05, 4.69) is 69.4 Å². The Labute approximate surface area is 169 Å². The molecule has 0 atom stereocenters. The summed E-state index contributed by atoms with van der Waals surface area (Å²) >= 11 is 0. The van der Waals surface area contributed by atoms with Gasteiger partial charge in [0.15, 0.2) is 6.61 Å². The van der Waals surface area contributed by atoms with Gasteiger partial charge in [0.05, 0.1) is 5.71 Å². The Morgan fingerprint density at radius 2 is 1.75 bits per heavy atom. The Balaban J connectivity index is 1.97. The van der Waals surface area contributed by atoms with Crippen LogP contribution in [0, 0.1) is 6.92 Å². The van der Waals surface area contributed by atoms with Crippen molar-refractivity contribution in [2.75, 3.05) is 6.61 Å². The van der Waals surface area contributed by atoms with Crippen molar-refractivity contribution in [3.63, 3.8) is 0 Å². The minimum Gasteiger partial charge on any atom is -0.483 e. The molecule has 0 aliphatic carbocycles. The van der Waals surface area contributed by atoms with Crippen molar-refractivity contribution in [2.24, 2.45) is 5.10 Å². The monoisotopic (exact) mass is 380 g/mol. The molecule has 0 saturated heterocycles. The van der Waals surface area contributed by atoms with E-state index < -0.39 is 0 Å². The van der Waals surface area contributed by atoms with E-state index in [1.165, 1.54) is 5.56 Å². The molecule has 2 aromatic carbocycles. The average Bonchev–Trinajstić information content (AvgIpc) is 2.63. The van der Waals surface area contributed by atoms with E-state index in [9.17, 15) is 4.79 Å². The largest absolute Gasteiger partial charge is 0.483 e. The number of hydrogen-bond acceptors (Lipinski definition) is 3. The van der Waals surface area contributed by atoms with Gasteiger partial charge in [0, 0.05) is 0 Å². The van der Waals surface area contributed by atoms with E-state index in [1.807, 2.05) is 32.0 Å². The van der Waals surface area contributed by atoms with E-state index in [-0.39, 0.29) is 17.9 Å². The van der Waals surface area contributed by atoms with Crippen LogP contribution in [0.25, 0.3) is 0 Å². The van der Waals surface area contributed by atoms with Crippen molar-refractivity contribution in [2.45, 2.75) is 59.8 Å². The molecule has 0 fully saturated rings. The number of benzene rings is 2. The predicted molar refractivity (Wildman–Crippen MR) is 116 cm³/mol. The van der Waals surface area contributed by atoms with Gasteiger partial charge in [-0.25, -0.2) is 5.43 Å². The Hall–Kier alpha value is -2.62. The van der Waals surface area contributed by atoms with Crippen molar-refractivity contribution in [3.05, 3.63) is 64.7 Å². The van der Waals surface area contributed by atoms with Crippen LogP contribution in [0.2, 0.25) is 0 Å². The smallest absolute Gasteiger partial charge is 0.277 e. The zero-order valence-corrected chi connectivity index (χ0v) is 18.1. The number of ether oxygens (including phenoxy) is 1. The highest BCUT2D eigenvalue weighted by atomic mass is 16.5. The summed E-state index contributed by atoms with van der Waals surface area (Å²) < 4.78 is 5.75. The molecule has 0 spiro atoms. The summed E-state index contributed by atoms with van der Waals surface area (Å²) in [6.07, 6.45) is 0. The summed E-state index contributed by atoms with van der Waals surface area (Å²) in [6.45, 7) is 14.6. The lowest BCUT2D eigenvalue weighted by molar-refractivity contribution is -0.123. The average molecular weight is 381 g/mol. The molecular formula is C24H32N2O2. The van der Waals surface area contributed by atoms with Crippen LogP contribution in [0.3, 0.4) is 0 Å². The number of carbonyl (C=O) groups is 1. The molecule has 2 aromatic rings. The number of rotatable bonds is 6. The summed E-state index contributed by atoms with van der Waals surface area (Å²) in [7, 11) is 0. The van der Waals surface area contributed by atoms with Gasteiger partial charge in [-0.15, -0.1) is 0 Å². The number of hydrogen-bond donors (Lipinski definition) is 1. The number of aryl methyl sites for hydroxylation is 1. The number of nitrogens with one attached hydrogen (secondary N) is 1. The first kappa shape index (κ1) is 21.7. The summed E-state index contributed by atoms with van der Waals surface area (Å²) in [5.74, 6) is 0.806. The molecule has 28 heavy (non-hydrogen) atoms. The number of nitrogens with zero attached hydrogens (tertiary/aromatic N) is 1. The van der Waals surface area contributed by atoms with Crippen molar-refractivity contribution in [1.29, 1.82) is 0 Å². The van der Waals surface area contributed by atoms with Gasteiger partial charge < -0.3 is 4.74 Å². The molecule has 4 nitrogen and oxygen atoms in total. The Kier molecular flexibility index (Phi) is 7.00. The van der Waals surface area contributed by atoms with Crippen molar-refractivity contribution >= 4 is 11.6 Å². The summed E-state index contributed by atoms with van der Waals surface area (Å²) in [5, 5.41) is 4.21. The minimum absolute atomic E-state index is 0.0666. The molecule has 0 radical (unpaired) electrons. The third-order valence-electron chi connectivity index (χ3n) is 4.67. The van der Waals surface area contributed by atoms with E-state index in [4.69, 9.17) is 4.74 Å². The van der Waals surface area contributed by atoms with Gasteiger partial charge in [0.2, 0.25) is 0 Å². The number of amides is 1. The molecule has 0 aliphatic rings. The molecule has 0 saturated carbocycles. The SMILES string of the molecule is C/C(=N/NC(=O)COc1cc(C)ccc1C(C)C)c1ccc(C(C)(C)C)cc1. The third kappa shape index (κ3) is 5.95. The van der Waals surface area contributed by atoms with E-state index >= 15 is 0 Å². The second-order valence-corrected chi connectivity index (χ2v) is 8.54. The fraction of sp³-hybridized carbons (Fsp3) is 0.417. The van der Waals surface area contributed by atoms with Gasteiger partial charge in [-0.3, -0.25) is 4.79 Å². The van der Waals surface area contributed by atoms with Crippen LogP contribution in [0.4, 0.5) is 0 Å². The summed E-state index contributed by atoms with van der Waals surface area (Å²) in [6, 6.07) is 14.3. The molecule has 1 amide bonds. The molecule has 0 bridgehead atoms. The standard InChI is InChI=1S/C24H32N2O2/c1-16(2)21-13-8-17(3)14-22(21)28-15-23(27)26-25-18(4)19-9-11-20(12-10-19)24(5,6)7/h8-14,16H,15H2,1-7H3,(H,26,27)/b25-18-. The van der Waals surface area contributed by atoms with Gasteiger partial charge in [-0.05, 0) is 53.5 Å². The van der Waals surface area contributed by atoms with Crippen LogP contribution in [-0.4, -0.2) is 18.2 Å². The van der Waals surface area contributed by atoms with Gasteiger partial charge in [0.25, 0.3) is 5.91 Å². The first-order valence-electron chi connectivity index (χ1n) is 9.75. The van der Waals surface area contributed by atoms with Gasteiger partial charge in [0.1, 0.15) is 5.75 Å². The molecule has 0 aromatic heterocycles. The predicted octanol–water partition coefficient (Wildman–Crippen LogP) is 5.34. The zero-order chi connectivity index (χ0) is 20.9. The molecule has 150 valence electrons. The molecule has 0 unspecified atom stereocenters. The maximum Gasteiger partial charge on any atom is 0.277 e. The third-order valence-corrected chi connectivity index (χ3v) is 4.67. The Morgan fingerprint density at radius 1 is 1.11 bits per heavy atom. The highest BCUT2D eigenvalue weighted by molar-refractivity contribution is 5.99. The normalized spacial score (nSPS) is 12.2. The van der Waals surface area contributed by atoms with Crippen molar-refractivity contribution in [1.82, 2.24) is 5.43 Å². The highest BCUT2D eigenvalue weighted by Crippen LogP contribution is 2.27. The van der Waals surface area contributed by atoms with Crippen molar-refractivity contribution < 1.29 is 9.53 Å². The molecular weight excluding hydrogens is 348 g/mol. The first-order valence-corrected chi connectivity index (χ1v) is 9.75. The number of hydrazone groups is 1. The summed E-state index contributed by atoms with van der Waals surface area (Å²) in [5.41, 5.74) is 7.90. The molecule has 2 rings (SSSR count). The maximum absolute atomic E-state index is 12.2. The molecule has 0 heterocycles. The molecule has 4 heteroatoms. The highest BCUT2D eigenvalue weighted by Gasteiger charge is 2.13. The fourth-order valence-electron chi connectivity index (χ4n) is 2.84. The minimum atomic E-state index is -0.276. The quantitative estimate of drug-likeness (QED) is 0.543. The van der Waals surface area contributed by atoms with Crippen LogP contribution in [-0.2, 0) is 10.2 Å². The topological polar surface area (TPSA) is 50.7 Å². The zero-order valence-electron chi connectivity index (χ0n) is 18.1. The lowest BCUT2D eigenvalue weighted by Crippen LogP contribution is -2.26. The Morgan fingerprint density at radius 3 is 2.32 bits per heavy atom. The van der Waals surface area contributed by atoms with Crippen LogP contribution in [0.1, 0.15) is 69.7 Å². The summed E-state index contributed by atoms with van der Waals surface area (Å²) in [4.78, 5) is 12.2. The second-order valence-electron chi connectivity index (χ2n) is 8.54. The number of carbonyl (C=O) groups excluding carboxylic acids is 1. The first-order chi connectivity index (χ1) is 13.1. The maximum atomic E-state index is 12.2. The van der Waals surface area contributed by atoms with Crippen LogP contribution in [0.5, 0.6) is 5.75 Å². The lowest BCUT2D eigenvalue weighted by Gasteiger charge is -2.19. The fourth-order valence-corrected chi connectivity index (χ4v) is 2.84. The molecule has 1 N–H and O–H groups in total. The second kappa shape index (κ2) is 9.05. The lowest BCUT2D eigenvalue weighted by atomic mass is 9.86. The van der Waals surface area contributed by atoms with Gasteiger partial charge in [-0.1, -0.05) is 71.0 Å². The van der Waals surface area contributed by atoms with Crippen LogP contribution in [0.15, 0.2) is 47.6 Å².